The number of rotatable bonds is 3. The van der Waals surface area contributed by atoms with E-state index in [1.165, 1.54) is 0 Å². The third-order valence-corrected chi connectivity index (χ3v) is 4.80. The molecule has 0 bridgehead atoms. The summed E-state index contributed by atoms with van der Waals surface area (Å²) in [6, 6.07) is 0. The number of terminal acetylenes is 1. The van der Waals surface area contributed by atoms with Crippen molar-refractivity contribution in [2.75, 3.05) is 6.16 Å². The highest BCUT2D eigenvalue weighted by atomic mass is 31.1. The van der Waals surface area contributed by atoms with Gasteiger partial charge < -0.3 is 0 Å². The smallest absolute Gasteiger partial charge is 0.0293 e. The molecule has 0 spiro atoms. The van der Waals surface area contributed by atoms with Crippen molar-refractivity contribution in [1.29, 1.82) is 0 Å². The molecule has 0 heterocycles. The summed E-state index contributed by atoms with van der Waals surface area (Å²) in [6.07, 6.45) is 6.26. The van der Waals surface area contributed by atoms with Crippen molar-refractivity contribution in [3.8, 4) is 12.3 Å². The maximum Gasteiger partial charge on any atom is 0.0293 e. The Morgan fingerprint density at radius 1 is 1.18 bits per heavy atom. The molecule has 0 nitrogen and oxygen atoms in total. The second kappa shape index (κ2) is 6.75. The lowest BCUT2D eigenvalue weighted by atomic mass is 10.5. The summed E-state index contributed by atoms with van der Waals surface area (Å²) in [5, 5.41) is 0. The van der Waals surface area contributed by atoms with Crippen molar-refractivity contribution in [2.45, 2.75) is 39.0 Å². The summed E-state index contributed by atoms with van der Waals surface area (Å²) in [4.78, 5) is 0. The Kier molecular flexibility index (Phi) is 8.36. The lowest BCUT2D eigenvalue weighted by Gasteiger charge is -2.23. The highest BCUT2D eigenvalue weighted by Gasteiger charge is 2.14. The van der Waals surface area contributed by atoms with Crippen LogP contribution >= 0.6 is 7.92 Å². The molecule has 0 aliphatic heterocycles. The van der Waals surface area contributed by atoms with Crippen LogP contribution in [0.3, 0.4) is 0 Å². The number of hydrogen-bond acceptors (Lipinski definition) is 0. The van der Waals surface area contributed by atoms with E-state index in [0.29, 0.717) is 0 Å². The Balaban J connectivity index is 0. The fourth-order valence-corrected chi connectivity index (χ4v) is 3.20. The summed E-state index contributed by atoms with van der Waals surface area (Å²) in [5.41, 5.74) is 1.57. The maximum absolute atomic E-state index is 5.27. The third-order valence-electron chi connectivity index (χ3n) is 1.60. The van der Waals surface area contributed by atoms with E-state index in [-0.39, 0.29) is 16.3 Å². The molecule has 0 aliphatic carbocycles. The average molecular weight is 167 g/mol. The quantitative estimate of drug-likeness (QED) is 0.344. The van der Waals surface area contributed by atoms with E-state index >= 15 is 0 Å². The summed E-state index contributed by atoms with van der Waals surface area (Å²) in [6.45, 7) is 9.07. The SMILES string of the molecule is C#CCP(C(C)C)C(C)C.[B]. The Hall–Kier alpha value is 0.0549. The largest absolute Gasteiger partial charge is 0.120 e. The van der Waals surface area contributed by atoms with Crippen molar-refractivity contribution >= 4 is 16.3 Å². The van der Waals surface area contributed by atoms with E-state index < -0.39 is 0 Å². The van der Waals surface area contributed by atoms with Crippen LogP contribution in [0.25, 0.3) is 0 Å². The monoisotopic (exact) mass is 167 g/mol. The predicted molar refractivity (Wildman–Crippen MR) is 56.6 cm³/mol. The first-order valence-corrected chi connectivity index (χ1v) is 5.45. The third kappa shape index (κ3) is 5.34. The second-order valence-corrected chi connectivity index (χ2v) is 6.47. The van der Waals surface area contributed by atoms with Gasteiger partial charge in [-0.2, -0.15) is 0 Å². The normalized spacial score (nSPS) is 10.0. The minimum atomic E-state index is 0. The van der Waals surface area contributed by atoms with Gasteiger partial charge in [-0.1, -0.05) is 35.6 Å². The van der Waals surface area contributed by atoms with Crippen LogP contribution in [0.4, 0.5) is 0 Å². The highest BCUT2D eigenvalue weighted by molar-refractivity contribution is 7.59. The van der Waals surface area contributed by atoms with Crippen molar-refractivity contribution in [1.82, 2.24) is 0 Å². The summed E-state index contributed by atoms with van der Waals surface area (Å²) >= 11 is 0. The molecule has 2 heteroatoms. The van der Waals surface area contributed by atoms with E-state index in [4.69, 9.17) is 6.42 Å². The Morgan fingerprint density at radius 2 is 1.55 bits per heavy atom. The maximum atomic E-state index is 5.27. The molecule has 11 heavy (non-hydrogen) atoms. The Morgan fingerprint density at radius 3 is 1.64 bits per heavy atom. The molecule has 3 radical (unpaired) electrons. The average Bonchev–Trinajstić information content (AvgIpc) is 1.81. The standard InChI is InChI=1S/C9H17P.B/c1-6-7-10(8(2)3)9(4)5;/h1,8-9H,7H2,2-5H3;. The number of hydrogen-bond donors (Lipinski definition) is 0. The Bertz CT molecular complexity index is 116. The van der Waals surface area contributed by atoms with Gasteiger partial charge in [0.1, 0.15) is 0 Å². The van der Waals surface area contributed by atoms with E-state index in [1.54, 1.807) is 0 Å². The molecule has 0 saturated carbocycles. The predicted octanol–water partition coefficient (Wildman–Crippen LogP) is 2.54. The van der Waals surface area contributed by atoms with Gasteiger partial charge in [-0.05, 0) is 11.3 Å². The zero-order chi connectivity index (χ0) is 8.15. The van der Waals surface area contributed by atoms with E-state index in [9.17, 15) is 0 Å². The Labute approximate surface area is 74.5 Å². The molecule has 0 rings (SSSR count). The highest BCUT2D eigenvalue weighted by Crippen LogP contribution is 2.44. The molecule has 0 amide bonds. The van der Waals surface area contributed by atoms with Gasteiger partial charge in [0.15, 0.2) is 0 Å². The van der Waals surface area contributed by atoms with Crippen LogP contribution in [0.5, 0.6) is 0 Å². The van der Waals surface area contributed by atoms with Gasteiger partial charge in [-0.25, -0.2) is 0 Å². The first-order valence-electron chi connectivity index (χ1n) is 3.78. The van der Waals surface area contributed by atoms with Crippen LogP contribution in [-0.4, -0.2) is 25.9 Å². The molecule has 0 aromatic carbocycles. The topological polar surface area (TPSA) is 0 Å². The molecule has 0 N–H and O–H groups in total. The van der Waals surface area contributed by atoms with Crippen molar-refractivity contribution in [3.05, 3.63) is 0 Å². The van der Waals surface area contributed by atoms with Gasteiger partial charge in [0, 0.05) is 14.6 Å². The van der Waals surface area contributed by atoms with Crippen molar-refractivity contribution in [2.24, 2.45) is 0 Å². The van der Waals surface area contributed by atoms with Gasteiger partial charge in [-0.3, -0.25) is 0 Å². The van der Waals surface area contributed by atoms with E-state index in [0.717, 1.165) is 17.5 Å². The summed E-state index contributed by atoms with van der Waals surface area (Å²) in [5.74, 6) is 2.76. The molecule has 0 aromatic heterocycles. The zero-order valence-electron chi connectivity index (χ0n) is 7.96. The molecular weight excluding hydrogens is 150 g/mol. The zero-order valence-corrected chi connectivity index (χ0v) is 8.86. The van der Waals surface area contributed by atoms with E-state index in [2.05, 4.69) is 33.6 Å². The first kappa shape index (κ1) is 13.6. The molecule has 0 fully saturated rings. The molecule has 0 atom stereocenters. The van der Waals surface area contributed by atoms with Gasteiger partial charge >= 0.3 is 0 Å². The van der Waals surface area contributed by atoms with Crippen LogP contribution in [0.1, 0.15) is 27.7 Å². The van der Waals surface area contributed by atoms with Crippen molar-refractivity contribution in [3.63, 3.8) is 0 Å². The summed E-state index contributed by atoms with van der Waals surface area (Å²) in [7, 11) is 0.0851. The molecule has 0 aromatic rings. The van der Waals surface area contributed by atoms with Gasteiger partial charge in [0.05, 0.1) is 0 Å². The van der Waals surface area contributed by atoms with Crippen LogP contribution < -0.4 is 0 Å². The minimum Gasteiger partial charge on any atom is -0.120 e. The molecular formula is C9H17BP. The van der Waals surface area contributed by atoms with E-state index in [1.807, 2.05) is 0 Å². The fourth-order valence-electron chi connectivity index (χ4n) is 1.07. The lowest BCUT2D eigenvalue weighted by Crippen LogP contribution is -2.05. The first-order chi connectivity index (χ1) is 4.59. The van der Waals surface area contributed by atoms with Crippen LogP contribution in [0, 0.1) is 12.3 Å². The van der Waals surface area contributed by atoms with Gasteiger partial charge in [0.2, 0.25) is 0 Å². The lowest BCUT2D eigenvalue weighted by molar-refractivity contribution is 1.01. The van der Waals surface area contributed by atoms with Crippen LogP contribution in [-0.2, 0) is 0 Å². The van der Waals surface area contributed by atoms with Crippen LogP contribution in [0.2, 0.25) is 0 Å². The van der Waals surface area contributed by atoms with Gasteiger partial charge in [-0.15, -0.1) is 12.3 Å². The van der Waals surface area contributed by atoms with Crippen molar-refractivity contribution < 1.29 is 0 Å². The summed E-state index contributed by atoms with van der Waals surface area (Å²) < 4.78 is 0. The molecule has 0 unspecified atom stereocenters. The molecule has 61 valence electrons. The second-order valence-electron chi connectivity index (χ2n) is 3.06. The molecule has 0 aliphatic rings. The molecule has 0 saturated heterocycles. The minimum absolute atomic E-state index is 0. The van der Waals surface area contributed by atoms with Gasteiger partial charge in [0.25, 0.3) is 0 Å². The van der Waals surface area contributed by atoms with Crippen LogP contribution in [0.15, 0.2) is 0 Å². The fraction of sp³-hybridized carbons (Fsp3) is 0.778.